The molecule has 1 atom stereocenters. The number of benzene rings is 2. The molecule has 2 aromatic carbocycles. The number of nitrogens with one attached hydrogen (secondary N) is 2. The van der Waals surface area contributed by atoms with E-state index in [4.69, 9.17) is 4.74 Å². The van der Waals surface area contributed by atoms with Crippen LogP contribution in [0.2, 0.25) is 0 Å². The minimum atomic E-state index is -0.226. The number of anilines is 1. The molecule has 0 aliphatic carbocycles. The predicted molar refractivity (Wildman–Crippen MR) is 130 cm³/mol. The third kappa shape index (κ3) is 5.86. The van der Waals surface area contributed by atoms with Crippen LogP contribution < -0.4 is 10.6 Å². The molecule has 2 rings (SSSR count). The molecule has 0 saturated carbocycles. The number of halogens is 1. The maximum absolute atomic E-state index is 12.3. The van der Waals surface area contributed by atoms with Crippen molar-refractivity contribution in [2.45, 2.75) is 59.9 Å². The van der Waals surface area contributed by atoms with E-state index in [2.05, 4.69) is 85.4 Å². The molecule has 4 nitrogen and oxygen atoms in total. The van der Waals surface area contributed by atoms with Crippen molar-refractivity contribution in [3.63, 3.8) is 0 Å². The fourth-order valence-electron chi connectivity index (χ4n) is 3.92. The van der Waals surface area contributed by atoms with Gasteiger partial charge in [-0.25, -0.2) is 0 Å². The topological polar surface area (TPSA) is 50.4 Å². The summed E-state index contributed by atoms with van der Waals surface area (Å²) in [4.78, 5) is 12.3. The first-order valence-corrected chi connectivity index (χ1v) is 11.6. The molecule has 0 heterocycles. The molecule has 0 amide bonds. The average molecular weight is 475 g/mol. The second-order valence-electron chi connectivity index (χ2n) is 7.84. The third-order valence-corrected chi connectivity index (χ3v) is 6.59. The van der Waals surface area contributed by atoms with Gasteiger partial charge < -0.3 is 15.4 Å². The quantitative estimate of drug-likeness (QED) is 0.417. The lowest BCUT2D eigenvalue weighted by atomic mass is 9.88. The van der Waals surface area contributed by atoms with Gasteiger partial charge in [0.15, 0.2) is 0 Å². The van der Waals surface area contributed by atoms with Gasteiger partial charge in [-0.2, -0.15) is 0 Å². The molecule has 2 aromatic rings. The van der Waals surface area contributed by atoms with E-state index in [1.165, 1.54) is 12.7 Å². The summed E-state index contributed by atoms with van der Waals surface area (Å²) < 4.78 is 6.06. The highest BCUT2D eigenvalue weighted by atomic mass is 79.9. The molecule has 2 N–H and O–H groups in total. The number of likely N-dealkylation sites (N-methyl/N-ethyl adjacent to an activating group) is 1. The van der Waals surface area contributed by atoms with Gasteiger partial charge in [0.1, 0.15) is 0 Å². The van der Waals surface area contributed by atoms with Crippen LogP contribution in [0.3, 0.4) is 0 Å². The average Bonchev–Trinajstić information content (AvgIpc) is 2.73. The molecule has 0 fully saturated rings. The summed E-state index contributed by atoms with van der Waals surface area (Å²) in [5.41, 5.74) is 7.72. The van der Waals surface area contributed by atoms with Gasteiger partial charge >= 0.3 is 5.97 Å². The molecular weight excluding hydrogens is 440 g/mol. The Morgan fingerprint density at radius 1 is 1.10 bits per heavy atom. The van der Waals surface area contributed by atoms with Crippen molar-refractivity contribution in [3.05, 3.63) is 51.0 Å². The molecule has 0 radical (unpaired) electrons. The largest absolute Gasteiger partial charge is 0.469 e. The van der Waals surface area contributed by atoms with Crippen molar-refractivity contribution in [2.75, 3.05) is 25.5 Å². The van der Waals surface area contributed by atoms with Crippen LogP contribution in [0.4, 0.5) is 5.69 Å². The summed E-state index contributed by atoms with van der Waals surface area (Å²) in [7, 11) is 1.44. The van der Waals surface area contributed by atoms with Crippen molar-refractivity contribution < 1.29 is 9.53 Å². The number of aryl methyl sites for hydroxylation is 1. The van der Waals surface area contributed by atoms with Crippen LogP contribution in [0, 0.1) is 20.8 Å². The highest BCUT2D eigenvalue weighted by Gasteiger charge is 2.22. The van der Waals surface area contributed by atoms with E-state index in [-0.39, 0.29) is 12.4 Å². The fourth-order valence-corrected chi connectivity index (χ4v) is 4.56. The highest BCUT2D eigenvalue weighted by molar-refractivity contribution is 9.10. The summed E-state index contributed by atoms with van der Waals surface area (Å²) in [6.07, 6.45) is 2.51. The van der Waals surface area contributed by atoms with E-state index in [1.807, 2.05) is 0 Å². The fraction of sp³-hybridized carbons (Fsp3) is 0.480. The van der Waals surface area contributed by atoms with E-state index >= 15 is 0 Å². The van der Waals surface area contributed by atoms with Crippen LogP contribution in [0.1, 0.15) is 48.9 Å². The van der Waals surface area contributed by atoms with Crippen LogP contribution in [0.25, 0.3) is 11.1 Å². The Bertz CT molecular complexity index is 857. The molecule has 1 unspecified atom stereocenters. The van der Waals surface area contributed by atoms with Gasteiger partial charge in [0.2, 0.25) is 0 Å². The van der Waals surface area contributed by atoms with Crippen LogP contribution in [0.5, 0.6) is 0 Å². The highest BCUT2D eigenvalue weighted by Crippen LogP contribution is 2.41. The number of carbonyl (C=O) groups excluding carboxylic acids is 1. The van der Waals surface area contributed by atoms with Gasteiger partial charge in [-0.15, -0.1) is 0 Å². The third-order valence-electron chi connectivity index (χ3n) is 5.60. The van der Waals surface area contributed by atoms with E-state index in [0.29, 0.717) is 6.04 Å². The number of carbonyl (C=O) groups is 1. The van der Waals surface area contributed by atoms with E-state index in [1.54, 1.807) is 0 Å². The summed E-state index contributed by atoms with van der Waals surface area (Å²) in [5, 5.41) is 7.20. The summed E-state index contributed by atoms with van der Waals surface area (Å²) in [5.74, 6) is -0.226. The summed E-state index contributed by atoms with van der Waals surface area (Å²) in [6, 6.07) is 8.88. The van der Waals surface area contributed by atoms with Gasteiger partial charge in [-0.3, -0.25) is 4.79 Å². The molecule has 0 aliphatic rings. The first-order chi connectivity index (χ1) is 14.3. The van der Waals surface area contributed by atoms with Gasteiger partial charge in [-0.1, -0.05) is 50.1 Å². The Hall–Kier alpha value is -1.85. The molecule has 0 aliphatic heterocycles. The van der Waals surface area contributed by atoms with Gasteiger partial charge in [-0.05, 0) is 77.5 Å². The Morgan fingerprint density at radius 3 is 2.33 bits per heavy atom. The SMILES string of the molecule is CCCC(CNc1c(C)c(CC(=O)OC)c(-c2ccc(C)cc2)c(C)c1Br)NCC. The normalized spacial score (nSPS) is 12.0. The van der Waals surface area contributed by atoms with E-state index in [9.17, 15) is 4.79 Å². The number of esters is 1. The number of ether oxygens (including phenoxy) is 1. The lowest BCUT2D eigenvalue weighted by molar-refractivity contribution is -0.139. The number of rotatable bonds is 10. The van der Waals surface area contributed by atoms with Crippen LogP contribution in [-0.4, -0.2) is 32.2 Å². The lowest BCUT2D eigenvalue weighted by Crippen LogP contribution is -2.35. The molecule has 5 heteroatoms. The number of hydrogen-bond acceptors (Lipinski definition) is 4. The van der Waals surface area contributed by atoms with Crippen LogP contribution in [0.15, 0.2) is 28.7 Å². The minimum absolute atomic E-state index is 0.226. The zero-order valence-corrected chi connectivity index (χ0v) is 20.7. The Balaban J connectivity index is 2.54. The lowest BCUT2D eigenvalue weighted by Gasteiger charge is -2.25. The van der Waals surface area contributed by atoms with Gasteiger partial charge in [0, 0.05) is 17.1 Å². The first kappa shape index (κ1) is 24.4. The monoisotopic (exact) mass is 474 g/mol. The Labute approximate surface area is 189 Å². The molecule has 0 spiro atoms. The van der Waals surface area contributed by atoms with Crippen molar-refractivity contribution in [1.82, 2.24) is 5.32 Å². The minimum Gasteiger partial charge on any atom is -0.469 e. The number of hydrogen-bond donors (Lipinski definition) is 2. The van der Waals surface area contributed by atoms with Crippen molar-refractivity contribution in [1.29, 1.82) is 0 Å². The van der Waals surface area contributed by atoms with Crippen molar-refractivity contribution in [2.24, 2.45) is 0 Å². The van der Waals surface area contributed by atoms with E-state index in [0.717, 1.165) is 63.9 Å². The van der Waals surface area contributed by atoms with Gasteiger partial charge in [0.25, 0.3) is 0 Å². The zero-order chi connectivity index (χ0) is 22.3. The molecule has 0 aromatic heterocycles. The molecule has 30 heavy (non-hydrogen) atoms. The van der Waals surface area contributed by atoms with Crippen LogP contribution in [-0.2, 0) is 16.0 Å². The summed E-state index contributed by atoms with van der Waals surface area (Å²) >= 11 is 3.84. The second-order valence-corrected chi connectivity index (χ2v) is 8.63. The number of methoxy groups -OCH3 is 1. The van der Waals surface area contributed by atoms with Crippen molar-refractivity contribution >= 4 is 27.6 Å². The molecule has 0 saturated heterocycles. The predicted octanol–water partition coefficient (Wildman–Crippen LogP) is 5.95. The smallest absolute Gasteiger partial charge is 0.310 e. The molecule has 164 valence electrons. The van der Waals surface area contributed by atoms with E-state index < -0.39 is 0 Å². The van der Waals surface area contributed by atoms with Gasteiger partial charge in [0.05, 0.1) is 19.2 Å². The van der Waals surface area contributed by atoms with Crippen LogP contribution >= 0.6 is 15.9 Å². The Kier molecular flexibility index (Phi) is 9.37. The second kappa shape index (κ2) is 11.5. The maximum Gasteiger partial charge on any atom is 0.310 e. The summed E-state index contributed by atoms with van der Waals surface area (Å²) in [6.45, 7) is 12.4. The standard InChI is InChI=1S/C25H35BrN2O2/c1-7-9-20(27-8-2)15-28-25-17(4)21(14-22(29)30-6)23(18(5)24(25)26)19-12-10-16(3)11-13-19/h10-13,20,27-28H,7-9,14-15H2,1-6H3. The Morgan fingerprint density at radius 2 is 1.77 bits per heavy atom. The maximum atomic E-state index is 12.3. The first-order valence-electron chi connectivity index (χ1n) is 10.8. The van der Waals surface area contributed by atoms with Crippen molar-refractivity contribution in [3.8, 4) is 11.1 Å². The zero-order valence-electron chi connectivity index (χ0n) is 19.1. The molecule has 0 bridgehead atoms. The molecular formula is C25H35BrN2O2.